The fourth-order valence-corrected chi connectivity index (χ4v) is 5.72. The van der Waals surface area contributed by atoms with Gasteiger partial charge >= 0.3 is 0 Å². The quantitative estimate of drug-likeness (QED) is 0.474. The van der Waals surface area contributed by atoms with Crippen LogP contribution in [0, 0.1) is 6.92 Å². The van der Waals surface area contributed by atoms with Gasteiger partial charge < -0.3 is 0 Å². The van der Waals surface area contributed by atoms with Crippen molar-refractivity contribution in [3.8, 4) is 0 Å². The summed E-state index contributed by atoms with van der Waals surface area (Å²) >= 11 is 0. The summed E-state index contributed by atoms with van der Waals surface area (Å²) in [5.74, 6) is 0. The van der Waals surface area contributed by atoms with Crippen LogP contribution in [0.2, 0.25) is 24.7 Å². The lowest BCUT2D eigenvalue weighted by Gasteiger charge is -2.34. The molecule has 0 spiro atoms. The highest BCUT2D eigenvalue weighted by Crippen LogP contribution is 2.36. The highest BCUT2D eigenvalue weighted by atomic mass is 28.3. The molecule has 1 heterocycles. The first-order valence-corrected chi connectivity index (χ1v) is 11.5. The van der Waals surface area contributed by atoms with Gasteiger partial charge in [-0.1, -0.05) is 90.4 Å². The SMILES string of the molecule is CC1CCCC[Si]1(C)C.Cc1ccccc1C(C)(C)C. The van der Waals surface area contributed by atoms with Crippen molar-refractivity contribution in [2.24, 2.45) is 0 Å². The normalized spacial score (nSPS) is 21.9. The molecule has 1 heteroatoms. The van der Waals surface area contributed by atoms with Gasteiger partial charge in [-0.3, -0.25) is 0 Å². The van der Waals surface area contributed by atoms with Gasteiger partial charge in [0.05, 0.1) is 8.07 Å². The Morgan fingerprint density at radius 2 is 1.65 bits per heavy atom. The first-order chi connectivity index (χ1) is 9.14. The maximum Gasteiger partial charge on any atom is 0.0502 e. The molecule has 1 unspecified atom stereocenters. The Bertz CT molecular complexity index is 412. The average molecular weight is 291 g/mol. The second-order valence-electron chi connectivity index (χ2n) is 8.20. The largest absolute Gasteiger partial charge is 0.0692 e. The molecule has 0 radical (unpaired) electrons. The zero-order chi connectivity index (χ0) is 15.4. The fourth-order valence-electron chi connectivity index (χ4n) is 3.08. The summed E-state index contributed by atoms with van der Waals surface area (Å²) in [5, 5.41) is 0. The van der Waals surface area contributed by atoms with Crippen LogP contribution in [0.5, 0.6) is 0 Å². The third kappa shape index (κ3) is 5.09. The minimum Gasteiger partial charge on any atom is -0.0692 e. The van der Waals surface area contributed by atoms with E-state index in [1.807, 2.05) is 0 Å². The van der Waals surface area contributed by atoms with E-state index < -0.39 is 8.07 Å². The van der Waals surface area contributed by atoms with Gasteiger partial charge in [-0.05, 0) is 29.0 Å². The molecule has 2 rings (SSSR count). The first kappa shape index (κ1) is 17.5. The summed E-state index contributed by atoms with van der Waals surface area (Å²) in [5.41, 5.74) is 4.21. The highest BCUT2D eigenvalue weighted by molar-refractivity contribution is 6.78. The number of hydrogen-bond donors (Lipinski definition) is 0. The number of aryl methyl sites for hydroxylation is 1. The fraction of sp³-hybridized carbons (Fsp3) is 0.684. The Labute approximate surface area is 128 Å². The smallest absolute Gasteiger partial charge is 0.0502 e. The van der Waals surface area contributed by atoms with Crippen LogP contribution in [0.3, 0.4) is 0 Å². The molecule has 114 valence electrons. The molecule has 20 heavy (non-hydrogen) atoms. The zero-order valence-electron chi connectivity index (χ0n) is 14.7. The van der Waals surface area contributed by atoms with Crippen LogP contribution < -0.4 is 0 Å². The van der Waals surface area contributed by atoms with Crippen molar-refractivity contribution < 1.29 is 0 Å². The Balaban J connectivity index is 0.000000204. The number of hydrogen-bond acceptors (Lipinski definition) is 0. The molecular weight excluding hydrogens is 256 g/mol. The van der Waals surface area contributed by atoms with Gasteiger partial charge in [0.1, 0.15) is 0 Å². The average Bonchev–Trinajstić information content (AvgIpc) is 2.33. The van der Waals surface area contributed by atoms with Gasteiger partial charge in [-0.25, -0.2) is 0 Å². The van der Waals surface area contributed by atoms with E-state index in [-0.39, 0.29) is 5.41 Å². The van der Waals surface area contributed by atoms with E-state index in [2.05, 4.69) is 72.0 Å². The third-order valence-corrected chi connectivity index (χ3v) is 9.59. The van der Waals surface area contributed by atoms with Crippen molar-refractivity contribution in [3.63, 3.8) is 0 Å². The molecule has 1 aromatic rings. The molecule has 1 saturated heterocycles. The molecular formula is C19H34Si. The first-order valence-electron chi connectivity index (χ1n) is 8.21. The molecule has 1 aliphatic rings. The molecule has 0 saturated carbocycles. The van der Waals surface area contributed by atoms with E-state index in [0.717, 1.165) is 5.54 Å². The summed E-state index contributed by atoms with van der Waals surface area (Å²) in [4.78, 5) is 0. The number of rotatable bonds is 0. The molecule has 0 N–H and O–H groups in total. The van der Waals surface area contributed by atoms with Gasteiger partial charge in [0.2, 0.25) is 0 Å². The van der Waals surface area contributed by atoms with Crippen molar-refractivity contribution in [2.75, 3.05) is 0 Å². The monoisotopic (exact) mass is 290 g/mol. The second kappa shape index (κ2) is 6.93. The van der Waals surface area contributed by atoms with E-state index >= 15 is 0 Å². The van der Waals surface area contributed by atoms with Crippen LogP contribution in [0.25, 0.3) is 0 Å². The number of benzene rings is 1. The Kier molecular flexibility index (Phi) is 6.06. The Morgan fingerprint density at radius 3 is 2.00 bits per heavy atom. The lowest BCUT2D eigenvalue weighted by molar-refractivity contribution is 0.586. The van der Waals surface area contributed by atoms with Crippen LogP contribution in [0.1, 0.15) is 58.1 Å². The molecule has 1 aromatic carbocycles. The molecule has 1 aliphatic heterocycles. The van der Waals surface area contributed by atoms with Gasteiger partial charge in [-0.15, -0.1) is 0 Å². The van der Waals surface area contributed by atoms with Crippen LogP contribution in [0.4, 0.5) is 0 Å². The molecule has 0 aliphatic carbocycles. The molecule has 0 aromatic heterocycles. The van der Waals surface area contributed by atoms with Crippen LogP contribution in [0.15, 0.2) is 24.3 Å². The van der Waals surface area contributed by atoms with E-state index in [1.54, 1.807) is 6.04 Å². The minimum absolute atomic E-state index is 0.283. The third-order valence-electron chi connectivity index (χ3n) is 5.00. The summed E-state index contributed by atoms with van der Waals surface area (Å²) in [6.45, 7) is 16.4. The van der Waals surface area contributed by atoms with Crippen LogP contribution in [-0.4, -0.2) is 8.07 Å². The second-order valence-corrected chi connectivity index (χ2v) is 13.7. The van der Waals surface area contributed by atoms with Crippen molar-refractivity contribution in [2.45, 2.75) is 84.0 Å². The molecule has 0 amide bonds. The molecule has 1 fully saturated rings. The lowest BCUT2D eigenvalue weighted by Crippen LogP contribution is -2.33. The molecule has 0 bridgehead atoms. The summed E-state index contributed by atoms with van der Waals surface area (Å²) < 4.78 is 0. The minimum atomic E-state index is -0.694. The van der Waals surface area contributed by atoms with E-state index in [0.29, 0.717) is 0 Å². The van der Waals surface area contributed by atoms with E-state index in [9.17, 15) is 0 Å². The summed E-state index contributed by atoms with van der Waals surface area (Å²) in [6, 6.07) is 10.1. The maximum atomic E-state index is 2.54. The Morgan fingerprint density at radius 1 is 1.05 bits per heavy atom. The van der Waals surface area contributed by atoms with Gasteiger partial charge in [-0.2, -0.15) is 0 Å². The van der Waals surface area contributed by atoms with Crippen LogP contribution >= 0.6 is 0 Å². The summed E-state index contributed by atoms with van der Waals surface area (Å²) in [6.07, 6.45) is 4.53. The van der Waals surface area contributed by atoms with Crippen molar-refractivity contribution >= 4 is 8.07 Å². The predicted octanol–water partition coefficient (Wildman–Crippen LogP) is 6.56. The van der Waals surface area contributed by atoms with Crippen molar-refractivity contribution in [3.05, 3.63) is 35.4 Å². The standard InChI is InChI=1S/C11H16.C8H18Si/c1-9-7-5-6-8-10(9)11(2,3)4;1-8-6-4-5-7-9(8,2)3/h5-8H,1-4H3;8H,4-7H2,1-3H3. The Hall–Kier alpha value is -0.563. The lowest BCUT2D eigenvalue weighted by atomic mass is 9.84. The zero-order valence-corrected chi connectivity index (χ0v) is 15.7. The molecule has 1 atom stereocenters. The summed E-state index contributed by atoms with van der Waals surface area (Å²) in [7, 11) is -0.694. The highest BCUT2D eigenvalue weighted by Gasteiger charge is 2.30. The topological polar surface area (TPSA) is 0 Å². The van der Waals surface area contributed by atoms with Crippen molar-refractivity contribution in [1.82, 2.24) is 0 Å². The maximum absolute atomic E-state index is 2.54. The van der Waals surface area contributed by atoms with Gasteiger partial charge in [0.15, 0.2) is 0 Å². The van der Waals surface area contributed by atoms with Crippen LogP contribution in [-0.2, 0) is 5.41 Å². The van der Waals surface area contributed by atoms with E-state index in [1.165, 1.54) is 30.4 Å². The van der Waals surface area contributed by atoms with Crippen molar-refractivity contribution in [1.29, 1.82) is 0 Å². The molecule has 0 nitrogen and oxygen atoms in total. The predicted molar refractivity (Wildman–Crippen MR) is 95.4 cm³/mol. The van der Waals surface area contributed by atoms with Gasteiger partial charge in [0.25, 0.3) is 0 Å². The van der Waals surface area contributed by atoms with Gasteiger partial charge in [0, 0.05) is 0 Å². The van der Waals surface area contributed by atoms with E-state index in [4.69, 9.17) is 0 Å².